The summed E-state index contributed by atoms with van der Waals surface area (Å²) >= 11 is 0. The summed E-state index contributed by atoms with van der Waals surface area (Å²) in [7, 11) is 1.82. The first kappa shape index (κ1) is 17.5. The normalized spacial score (nSPS) is 15.2. The maximum Gasteiger partial charge on any atom is 0.241 e. The molecule has 7 nitrogen and oxygen atoms in total. The van der Waals surface area contributed by atoms with E-state index in [0.29, 0.717) is 12.6 Å². The molecular formula is C18H28N6O. The first-order valence-corrected chi connectivity index (χ1v) is 9.05. The van der Waals surface area contributed by atoms with Crippen molar-refractivity contribution in [2.75, 3.05) is 37.3 Å². The molecule has 0 saturated carbocycles. The van der Waals surface area contributed by atoms with Gasteiger partial charge in [-0.25, -0.2) is 4.68 Å². The van der Waals surface area contributed by atoms with E-state index in [9.17, 15) is 0 Å². The summed E-state index contributed by atoms with van der Waals surface area (Å²) in [6, 6.07) is 8.44. The fourth-order valence-corrected chi connectivity index (χ4v) is 3.13. The van der Waals surface area contributed by atoms with E-state index in [1.54, 1.807) is 4.68 Å². The highest BCUT2D eigenvalue weighted by Crippen LogP contribution is 2.17. The molecule has 1 aromatic heterocycles. The Kier molecular flexibility index (Phi) is 6.11. The van der Waals surface area contributed by atoms with Crippen LogP contribution in [0.25, 0.3) is 0 Å². The second kappa shape index (κ2) is 8.71. The van der Waals surface area contributed by atoms with Gasteiger partial charge in [-0.3, -0.25) is 4.90 Å². The molecule has 0 unspecified atom stereocenters. The second-order valence-electron chi connectivity index (χ2n) is 6.53. The Morgan fingerprint density at radius 3 is 2.84 bits per heavy atom. The number of piperidine rings is 1. The van der Waals surface area contributed by atoms with Gasteiger partial charge in [0.25, 0.3) is 0 Å². The minimum Gasteiger partial charge on any atom is -0.494 e. The number of nitrogens with one attached hydrogen (secondary N) is 1. The van der Waals surface area contributed by atoms with Gasteiger partial charge in [-0.05, 0) is 50.0 Å². The molecule has 0 aliphatic carbocycles. The molecular weight excluding hydrogens is 316 g/mol. The first-order chi connectivity index (χ1) is 12.2. The van der Waals surface area contributed by atoms with Crippen LogP contribution in [0.3, 0.4) is 0 Å². The predicted molar refractivity (Wildman–Crippen MR) is 99.6 cm³/mol. The van der Waals surface area contributed by atoms with Crippen molar-refractivity contribution in [1.82, 2.24) is 19.7 Å². The quantitative estimate of drug-likeness (QED) is 0.715. The zero-order chi connectivity index (χ0) is 17.5. The van der Waals surface area contributed by atoms with Crippen molar-refractivity contribution in [3.05, 3.63) is 29.8 Å². The molecule has 136 valence electrons. The SMILES string of the molecule is Cn1nc(N)nc1NCCCOc1cccc(CN2CCCCC2)c1. The standard InChI is InChI=1S/C18H28N6O/c1-23-18(21-17(19)22-23)20-9-6-12-25-16-8-5-7-15(13-16)14-24-10-3-2-4-11-24/h5,7-8,13H,2-4,6,9-12,14H2,1H3,(H3,19,20,21,22). The maximum absolute atomic E-state index is 5.88. The van der Waals surface area contributed by atoms with E-state index in [1.165, 1.54) is 37.9 Å². The Morgan fingerprint density at radius 1 is 1.24 bits per heavy atom. The molecule has 25 heavy (non-hydrogen) atoms. The van der Waals surface area contributed by atoms with Gasteiger partial charge >= 0.3 is 0 Å². The van der Waals surface area contributed by atoms with Gasteiger partial charge in [0.05, 0.1) is 6.61 Å². The van der Waals surface area contributed by atoms with Crippen molar-refractivity contribution in [3.8, 4) is 5.75 Å². The number of anilines is 2. The number of benzene rings is 1. The van der Waals surface area contributed by atoms with E-state index in [1.807, 2.05) is 13.1 Å². The third-order valence-corrected chi connectivity index (χ3v) is 4.41. The van der Waals surface area contributed by atoms with Crippen molar-refractivity contribution >= 4 is 11.9 Å². The molecule has 1 aliphatic rings. The molecule has 0 atom stereocenters. The molecule has 7 heteroatoms. The van der Waals surface area contributed by atoms with Gasteiger partial charge in [-0.2, -0.15) is 4.98 Å². The number of likely N-dealkylation sites (tertiary alicyclic amines) is 1. The average Bonchev–Trinajstić information content (AvgIpc) is 2.93. The van der Waals surface area contributed by atoms with Gasteiger partial charge < -0.3 is 15.8 Å². The topological polar surface area (TPSA) is 81.2 Å². The molecule has 3 rings (SSSR count). The van der Waals surface area contributed by atoms with Crippen LogP contribution < -0.4 is 15.8 Å². The van der Waals surface area contributed by atoms with Crippen LogP contribution in [0.4, 0.5) is 11.9 Å². The lowest BCUT2D eigenvalue weighted by Gasteiger charge is -2.26. The van der Waals surface area contributed by atoms with Crippen molar-refractivity contribution in [1.29, 1.82) is 0 Å². The highest BCUT2D eigenvalue weighted by Gasteiger charge is 2.10. The largest absolute Gasteiger partial charge is 0.494 e. The van der Waals surface area contributed by atoms with Crippen LogP contribution >= 0.6 is 0 Å². The molecule has 1 aliphatic heterocycles. The lowest BCUT2D eigenvalue weighted by atomic mass is 10.1. The van der Waals surface area contributed by atoms with E-state index < -0.39 is 0 Å². The van der Waals surface area contributed by atoms with Gasteiger partial charge in [-0.15, -0.1) is 5.10 Å². The van der Waals surface area contributed by atoms with Crippen molar-refractivity contribution in [2.45, 2.75) is 32.2 Å². The third-order valence-electron chi connectivity index (χ3n) is 4.41. The van der Waals surface area contributed by atoms with E-state index in [0.717, 1.165) is 25.3 Å². The van der Waals surface area contributed by atoms with E-state index in [4.69, 9.17) is 10.5 Å². The van der Waals surface area contributed by atoms with Crippen molar-refractivity contribution in [3.63, 3.8) is 0 Å². The lowest BCUT2D eigenvalue weighted by molar-refractivity contribution is 0.220. The molecule has 0 spiro atoms. The minimum atomic E-state index is 0.284. The summed E-state index contributed by atoms with van der Waals surface area (Å²) < 4.78 is 7.52. The number of aromatic nitrogens is 3. The number of aryl methyl sites for hydroxylation is 1. The van der Waals surface area contributed by atoms with Crippen LogP contribution in [0, 0.1) is 0 Å². The number of hydrogen-bond acceptors (Lipinski definition) is 6. The Bertz CT molecular complexity index is 665. The number of ether oxygens (including phenoxy) is 1. The van der Waals surface area contributed by atoms with Gasteiger partial charge in [-0.1, -0.05) is 18.6 Å². The maximum atomic E-state index is 5.88. The Balaban J connectivity index is 1.39. The highest BCUT2D eigenvalue weighted by molar-refractivity contribution is 5.31. The first-order valence-electron chi connectivity index (χ1n) is 9.05. The number of nitrogens with zero attached hydrogens (tertiary/aromatic N) is 4. The van der Waals surface area contributed by atoms with E-state index >= 15 is 0 Å². The molecule has 0 amide bonds. The van der Waals surface area contributed by atoms with Crippen molar-refractivity contribution in [2.24, 2.45) is 7.05 Å². The van der Waals surface area contributed by atoms with Crippen molar-refractivity contribution < 1.29 is 4.74 Å². The predicted octanol–water partition coefficient (Wildman–Crippen LogP) is 2.26. The molecule has 2 heterocycles. The number of nitrogen functional groups attached to an aromatic ring is 1. The monoisotopic (exact) mass is 344 g/mol. The molecule has 0 radical (unpaired) electrons. The molecule has 3 N–H and O–H groups in total. The molecule has 2 aromatic rings. The fourth-order valence-electron chi connectivity index (χ4n) is 3.13. The van der Waals surface area contributed by atoms with Crippen LogP contribution in [0.5, 0.6) is 5.75 Å². The van der Waals surface area contributed by atoms with Crippen LogP contribution in [-0.4, -0.2) is 45.9 Å². The number of hydrogen-bond donors (Lipinski definition) is 2. The Morgan fingerprint density at radius 2 is 2.08 bits per heavy atom. The van der Waals surface area contributed by atoms with Gasteiger partial charge in [0.1, 0.15) is 5.75 Å². The molecule has 0 bridgehead atoms. The molecule has 1 aromatic carbocycles. The van der Waals surface area contributed by atoms with Crippen LogP contribution in [0.15, 0.2) is 24.3 Å². The average molecular weight is 344 g/mol. The highest BCUT2D eigenvalue weighted by atomic mass is 16.5. The van der Waals surface area contributed by atoms with E-state index in [-0.39, 0.29) is 5.95 Å². The second-order valence-corrected chi connectivity index (χ2v) is 6.53. The lowest BCUT2D eigenvalue weighted by Crippen LogP contribution is -2.29. The van der Waals surface area contributed by atoms with Gasteiger partial charge in [0.15, 0.2) is 0 Å². The molecule has 1 saturated heterocycles. The summed E-state index contributed by atoms with van der Waals surface area (Å²) in [5, 5.41) is 7.21. The van der Waals surface area contributed by atoms with Crippen LogP contribution in [-0.2, 0) is 13.6 Å². The van der Waals surface area contributed by atoms with Gasteiger partial charge in [0, 0.05) is 20.1 Å². The third kappa shape index (κ3) is 5.35. The molecule has 1 fully saturated rings. The summed E-state index contributed by atoms with van der Waals surface area (Å²) in [4.78, 5) is 6.63. The summed E-state index contributed by atoms with van der Waals surface area (Å²) in [6.45, 7) is 4.87. The minimum absolute atomic E-state index is 0.284. The van der Waals surface area contributed by atoms with Gasteiger partial charge in [0.2, 0.25) is 11.9 Å². The van der Waals surface area contributed by atoms with Crippen LogP contribution in [0.2, 0.25) is 0 Å². The summed E-state index contributed by atoms with van der Waals surface area (Å²) in [5.74, 6) is 1.91. The summed E-state index contributed by atoms with van der Waals surface area (Å²) in [5.41, 5.74) is 6.88. The Labute approximate surface area is 149 Å². The Hall–Kier alpha value is -2.28. The summed E-state index contributed by atoms with van der Waals surface area (Å²) in [6.07, 6.45) is 4.89. The fraction of sp³-hybridized carbons (Fsp3) is 0.556. The smallest absolute Gasteiger partial charge is 0.241 e. The number of nitrogens with two attached hydrogens (primary N) is 1. The number of rotatable bonds is 8. The zero-order valence-corrected chi connectivity index (χ0v) is 14.9. The van der Waals surface area contributed by atoms with E-state index in [2.05, 4.69) is 38.5 Å². The van der Waals surface area contributed by atoms with Crippen LogP contribution in [0.1, 0.15) is 31.2 Å². The zero-order valence-electron chi connectivity index (χ0n) is 14.9.